The molecule has 2 aliphatic heterocycles. The van der Waals surface area contributed by atoms with Crippen LogP contribution in [0.4, 0.5) is 10.2 Å². The second-order valence-electron chi connectivity index (χ2n) is 11.1. The first-order chi connectivity index (χ1) is 18.7. The number of amides is 1. The van der Waals surface area contributed by atoms with Gasteiger partial charge < -0.3 is 19.7 Å². The fourth-order valence-electron chi connectivity index (χ4n) is 6.08. The van der Waals surface area contributed by atoms with Crippen molar-refractivity contribution in [2.24, 2.45) is 0 Å². The van der Waals surface area contributed by atoms with E-state index in [4.69, 9.17) is 0 Å². The number of rotatable bonds is 3. The maximum Gasteiger partial charge on any atom is 0.259 e. The van der Waals surface area contributed by atoms with Gasteiger partial charge in [0.05, 0.1) is 34.4 Å². The summed E-state index contributed by atoms with van der Waals surface area (Å²) >= 11 is 0. The molecule has 10 heteroatoms. The third-order valence-corrected chi connectivity index (χ3v) is 8.39. The molecule has 6 rings (SSSR count). The first kappa shape index (κ1) is 27.8. The van der Waals surface area contributed by atoms with Gasteiger partial charge in [0.2, 0.25) is 0 Å². The summed E-state index contributed by atoms with van der Waals surface area (Å²) in [5, 5.41) is 6.04. The number of nitrogens with zero attached hydrogens (tertiary/aromatic N) is 6. The van der Waals surface area contributed by atoms with E-state index in [9.17, 15) is 14.0 Å². The van der Waals surface area contributed by atoms with Gasteiger partial charge in [-0.3, -0.25) is 14.3 Å². The van der Waals surface area contributed by atoms with Crippen LogP contribution in [0.1, 0.15) is 54.8 Å². The van der Waals surface area contributed by atoms with Gasteiger partial charge in [0, 0.05) is 36.6 Å². The summed E-state index contributed by atoms with van der Waals surface area (Å²) in [6.07, 6.45) is 3.58. The van der Waals surface area contributed by atoms with Crippen LogP contribution in [0.25, 0.3) is 21.8 Å². The number of anilines is 1. The SMILES string of the molecule is C.Cc1cc2[nH]c(=O)c3cnn(C4CCN(C)CC4)c3c2cc1C(=O)N1CCN(c2ccc(F)c(C)n2)[C@H](C)C1. The first-order valence-electron chi connectivity index (χ1n) is 13.6. The topological polar surface area (TPSA) is 90.4 Å². The molecule has 0 aliphatic carbocycles. The Morgan fingerprint density at radius 3 is 2.52 bits per heavy atom. The van der Waals surface area contributed by atoms with E-state index in [1.165, 1.54) is 6.07 Å². The lowest BCUT2D eigenvalue weighted by molar-refractivity contribution is 0.0725. The second kappa shape index (κ2) is 10.6. The van der Waals surface area contributed by atoms with Crippen LogP contribution in [-0.2, 0) is 0 Å². The molecule has 0 saturated carbocycles. The quantitative estimate of drug-likeness (QED) is 0.412. The van der Waals surface area contributed by atoms with Crippen LogP contribution in [-0.4, -0.2) is 81.3 Å². The lowest BCUT2D eigenvalue weighted by Crippen LogP contribution is -2.54. The number of pyridine rings is 2. The lowest BCUT2D eigenvalue weighted by atomic mass is 10.0. The van der Waals surface area contributed by atoms with Crippen molar-refractivity contribution in [3.63, 3.8) is 0 Å². The van der Waals surface area contributed by atoms with Gasteiger partial charge >= 0.3 is 0 Å². The molecule has 4 aromatic rings. The van der Waals surface area contributed by atoms with Crippen molar-refractivity contribution in [3.8, 4) is 0 Å². The summed E-state index contributed by atoms with van der Waals surface area (Å²) in [6, 6.07) is 7.21. The first-order valence-corrected chi connectivity index (χ1v) is 13.6. The molecule has 2 aliphatic rings. The van der Waals surface area contributed by atoms with E-state index in [0.29, 0.717) is 41.8 Å². The molecule has 3 aromatic heterocycles. The van der Waals surface area contributed by atoms with E-state index < -0.39 is 0 Å². The highest BCUT2D eigenvalue weighted by Crippen LogP contribution is 2.31. The average Bonchev–Trinajstić information content (AvgIpc) is 3.36. The van der Waals surface area contributed by atoms with Crippen molar-refractivity contribution in [3.05, 3.63) is 63.5 Å². The third-order valence-electron chi connectivity index (χ3n) is 8.39. The number of nitrogens with one attached hydrogen (secondary N) is 1. The van der Waals surface area contributed by atoms with Gasteiger partial charge in [-0.15, -0.1) is 0 Å². The van der Waals surface area contributed by atoms with Crippen molar-refractivity contribution in [1.29, 1.82) is 0 Å². The van der Waals surface area contributed by atoms with E-state index in [-0.39, 0.29) is 36.8 Å². The minimum Gasteiger partial charge on any atom is -0.350 e. The Balaban J connectivity index is 0.00000323. The highest BCUT2D eigenvalue weighted by molar-refractivity contribution is 6.07. The van der Waals surface area contributed by atoms with Gasteiger partial charge in [-0.1, -0.05) is 7.43 Å². The monoisotopic (exact) mass is 547 g/mol. The minimum absolute atomic E-state index is 0. The standard InChI is InChI=1S/C29H34FN7O2.CH4/c1-17-13-25-22(27-23(28(38)33-25)15-31-37(27)20-7-9-34(4)10-8-20)14-21(17)29(39)35-11-12-36(18(2)16-35)26-6-5-24(30)19(3)32-26;/h5-6,13-15,18,20H,7-12,16H2,1-4H3,(H,33,38);1H4/t18-;/m1./s1. The molecule has 0 radical (unpaired) electrons. The van der Waals surface area contributed by atoms with E-state index >= 15 is 0 Å². The number of benzene rings is 1. The molecule has 1 atom stereocenters. The molecule has 5 heterocycles. The van der Waals surface area contributed by atoms with Crippen molar-refractivity contribution >= 4 is 33.5 Å². The molecule has 2 saturated heterocycles. The smallest absolute Gasteiger partial charge is 0.259 e. The number of fused-ring (bicyclic) bond motifs is 3. The number of aryl methyl sites for hydroxylation is 2. The fourth-order valence-corrected chi connectivity index (χ4v) is 6.08. The van der Waals surface area contributed by atoms with Crippen LogP contribution in [0.3, 0.4) is 0 Å². The molecule has 2 fully saturated rings. The Kier molecular flexibility index (Phi) is 7.39. The van der Waals surface area contributed by atoms with E-state index in [2.05, 4.69) is 38.8 Å². The molecular weight excluding hydrogens is 509 g/mol. The van der Waals surface area contributed by atoms with Crippen molar-refractivity contribution in [2.75, 3.05) is 44.7 Å². The predicted molar refractivity (Wildman–Crippen MR) is 157 cm³/mol. The van der Waals surface area contributed by atoms with Crippen molar-refractivity contribution < 1.29 is 9.18 Å². The summed E-state index contributed by atoms with van der Waals surface area (Å²) in [7, 11) is 2.12. The summed E-state index contributed by atoms with van der Waals surface area (Å²) < 4.78 is 15.8. The maximum atomic E-state index is 13.9. The van der Waals surface area contributed by atoms with Gasteiger partial charge in [0.1, 0.15) is 11.6 Å². The average molecular weight is 548 g/mol. The Morgan fingerprint density at radius 1 is 1.07 bits per heavy atom. The Hall–Kier alpha value is -3.79. The number of likely N-dealkylation sites (tertiary alicyclic amines) is 1. The van der Waals surface area contributed by atoms with E-state index in [1.807, 2.05) is 28.6 Å². The van der Waals surface area contributed by atoms with Crippen LogP contribution >= 0.6 is 0 Å². The second-order valence-corrected chi connectivity index (χ2v) is 11.1. The van der Waals surface area contributed by atoms with E-state index in [1.54, 1.807) is 19.2 Å². The minimum atomic E-state index is -0.320. The van der Waals surface area contributed by atoms with Gasteiger partial charge in [-0.25, -0.2) is 9.37 Å². The zero-order valence-corrected chi connectivity index (χ0v) is 22.9. The lowest BCUT2D eigenvalue weighted by Gasteiger charge is -2.40. The molecule has 1 aromatic carbocycles. The number of carbonyl (C=O) groups is 1. The summed E-state index contributed by atoms with van der Waals surface area (Å²) in [5.41, 5.74) is 3.17. The number of aromatic amines is 1. The zero-order valence-electron chi connectivity index (χ0n) is 22.9. The number of piperidine rings is 1. The molecular formula is C30H38FN7O2. The van der Waals surface area contributed by atoms with Crippen molar-refractivity contribution in [2.45, 2.75) is 53.1 Å². The molecule has 1 amide bonds. The molecule has 0 spiro atoms. The third kappa shape index (κ3) is 4.74. The number of hydrogen-bond donors (Lipinski definition) is 1. The van der Waals surface area contributed by atoms with Crippen LogP contribution in [0.2, 0.25) is 0 Å². The highest BCUT2D eigenvalue weighted by atomic mass is 19.1. The number of carbonyl (C=O) groups excluding carboxylic acids is 1. The Morgan fingerprint density at radius 2 is 1.82 bits per heavy atom. The van der Waals surface area contributed by atoms with Gasteiger partial charge in [-0.2, -0.15) is 5.10 Å². The van der Waals surface area contributed by atoms with Gasteiger partial charge in [0.25, 0.3) is 11.5 Å². The Labute approximate surface area is 233 Å². The maximum absolute atomic E-state index is 13.9. The molecule has 0 bridgehead atoms. The summed E-state index contributed by atoms with van der Waals surface area (Å²) in [6.45, 7) is 9.26. The molecule has 40 heavy (non-hydrogen) atoms. The summed E-state index contributed by atoms with van der Waals surface area (Å²) in [4.78, 5) is 40.5. The molecule has 0 unspecified atom stereocenters. The van der Waals surface area contributed by atoms with Gasteiger partial charge in [0.15, 0.2) is 0 Å². The van der Waals surface area contributed by atoms with Gasteiger partial charge in [-0.05, 0) is 83.6 Å². The number of aromatic nitrogens is 4. The Bertz CT molecular complexity index is 1640. The summed E-state index contributed by atoms with van der Waals surface area (Å²) in [5.74, 6) is 0.373. The number of hydrogen-bond acceptors (Lipinski definition) is 6. The number of piperazine rings is 1. The zero-order chi connectivity index (χ0) is 27.4. The van der Waals surface area contributed by atoms with Crippen molar-refractivity contribution in [1.82, 2.24) is 29.5 Å². The van der Waals surface area contributed by atoms with E-state index in [0.717, 1.165) is 48.2 Å². The predicted octanol–water partition coefficient (Wildman–Crippen LogP) is 4.28. The van der Waals surface area contributed by atoms with Crippen LogP contribution in [0.15, 0.2) is 35.3 Å². The number of H-pyrrole nitrogens is 1. The molecule has 9 nitrogen and oxygen atoms in total. The van der Waals surface area contributed by atoms with Crippen LogP contribution in [0, 0.1) is 19.7 Å². The highest BCUT2D eigenvalue weighted by Gasteiger charge is 2.30. The van der Waals surface area contributed by atoms with Crippen LogP contribution in [0.5, 0.6) is 0 Å². The fraction of sp³-hybridized carbons (Fsp3) is 0.467. The molecule has 1 N–H and O–H groups in total. The normalized spacial score (nSPS) is 18.9. The number of halogens is 1. The molecule has 212 valence electrons. The largest absolute Gasteiger partial charge is 0.350 e. The van der Waals surface area contributed by atoms with Crippen LogP contribution < -0.4 is 10.5 Å².